The van der Waals surface area contributed by atoms with Crippen LogP contribution in [0.1, 0.15) is 15.9 Å². The van der Waals surface area contributed by atoms with Crippen molar-refractivity contribution in [2.75, 3.05) is 6.54 Å². The quantitative estimate of drug-likeness (QED) is 0.380. The number of benzene rings is 3. The molecule has 7 nitrogen and oxygen atoms in total. The van der Waals surface area contributed by atoms with E-state index in [1.54, 1.807) is 4.68 Å². The number of nitrogens with one attached hydrogen (secondary N) is 2. The first-order valence-electron chi connectivity index (χ1n) is 10.8. The number of halogens is 2. The maximum atomic E-state index is 12.4. The minimum absolute atomic E-state index is 0.103. The van der Waals surface area contributed by atoms with Crippen LogP contribution in [0.5, 0.6) is 5.75 Å². The van der Waals surface area contributed by atoms with Gasteiger partial charge in [0, 0.05) is 29.4 Å². The van der Waals surface area contributed by atoms with Gasteiger partial charge in [-0.05, 0) is 30.3 Å². The molecule has 178 valence electrons. The standard InChI is InChI=1S/C26H22F2N4O3/c27-26(28)35-22-13-7-10-19(14-22)25(34)30-16-23(33)29-15-20-17-32(21-11-5-2-6-12-21)31-24(20)18-8-3-1-4-9-18/h1-14,17,26H,15-16H2,(H,29,33)(H,30,34). The first kappa shape index (κ1) is 23.6. The Balaban J connectivity index is 1.40. The Hall–Kier alpha value is -4.53. The predicted octanol–water partition coefficient (Wildman–Crippen LogP) is 4.19. The van der Waals surface area contributed by atoms with Gasteiger partial charge < -0.3 is 15.4 Å². The molecule has 1 aromatic heterocycles. The van der Waals surface area contributed by atoms with Gasteiger partial charge in [0.25, 0.3) is 5.91 Å². The number of carbonyl (C=O) groups is 2. The summed E-state index contributed by atoms with van der Waals surface area (Å²) in [5.41, 5.74) is 3.43. The van der Waals surface area contributed by atoms with Crippen LogP contribution in [0.4, 0.5) is 8.78 Å². The van der Waals surface area contributed by atoms with E-state index in [1.165, 1.54) is 24.3 Å². The molecule has 1 heterocycles. The highest BCUT2D eigenvalue weighted by Crippen LogP contribution is 2.23. The molecule has 0 saturated heterocycles. The second-order valence-corrected chi connectivity index (χ2v) is 7.51. The van der Waals surface area contributed by atoms with Crippen molar-refractivity contribution in [3.8, 4) is 22.7 Å². The molecule has 35 heavy (non-hydrogen) atoms. The maximum absolute atomic E-state index is 12.4. The topological polar surface area (TPSA) is 85.3 Å². The summed E-state index contributed by atoms with van der Waals surface area (Å²) in [6.45, 7) is -3.08. The smallest absolute Gasteiger partial charge is 0.387 e. The molecule has 0 unspecified atom stereocenters. The van der Waals surface area contributed by atoms with Gasteiger partial charge in [-0.15, -0.1) is 0 Å². The molecule has 0 radical (unpaired) electrons. The number of carbonyl (C=O) groups excluding carboxylic acids is 2. The number of nitrogens with zero attached hydrogens (tertiary/aromatic N) is 2. The van der Waals surface area contributed by atoms with Crippen molar-refractivity contribution >= 4 is 11.8 Å². The van der Waals surface area contributed by atoms with Gasteiger partial charge in [0.2, 0.25) is 5.91 Å². The van der Waals surface area contributed by atoms with Gasteiger partial charge in [-0.25, -0.2) is 4.68 Å². The van der Waals surface area contributed by atoms with E-state index in [0.717, 1.165) is 22.5 Å². The number of ether oxygens (including phenoxy) is 1. The van der Waals surface area contributed by atoms with Crippen molar-refractivity contribution < 1.29 is 23.1 Å². The van der Waals surface area contributed by atoms with E-state index >= 15 is 0 Å². The molecule has 9 heteroatoms. The summed E-state index contributed by atoms with van der Waals surface area (Å²) in [5.74, 6) is -1.13. The molecular weight excluding hydrogens is 454 g/mol. The average molecular weight is 476 g/mol. The van der Waals surface area contributed by atoms with E-state index in [2.05, 4.69) is 15.4 Å². The summed E-state index contributed by atoms with van der Waals surface area (Å²) in [4.78, 5) is 24.7. The third-order valence-electron chi connectivity index (χ3n) is 5.06. The lowest BCUT2D eigenvalue weighted by molar-refractivity contribution is -0.120. The van der Waals surface area contributed by atoms with Crippen LogP contribution >= 0.6 is 0 Å². The Kier molecular flexibility index (Phi) is 7.47. The maximum Gasteiger partial charge on any atom is 0.387 e. The first-order chi connectivity index (χ1) is 17.0. The average Bonchev–Trinajstić information content (AvgIpc) is 3.31. The summed E-state index contributed by atoms with van der Waals surface area (Å²) < 4.78 is 30.8. The van der Waals surface area contributed by atoms with Crippen LogP contribution in [0.15, 0.2) is 91.1 Å². The normalized spacial score (nSPS) is 10.7. The van der Waals surface area contributed by atoms with E-state index in [1.807, 2.05) is 66.9 Å². The van der Waals surface area contributed by atoms with Crippen molar-refractivity contribution in [1.29, 1.82) is 0 Å². The second kappa shape index (κ2) is 11.1. The number of rotatable bonds is 9. The Morgan fingerprint density at radius 2 is 1.63 bits per heavy atom. The Morgan fingerprint density at radius 3 is 2.34 bits per heavy atom. The van der Waals surface area contributed by atoms with Crippen LogP contribution < -0.4 is 15.4 Å². The highest BCUT2D eigenvalue weighted by Gasteiger charge is 2.14. The van der Waals surface area contributed by atoms with E-state index in [0.29, 0.717) is 0 Å². The number of hydrogen-bond acceptors (Lipinski definition) is 4. The van der Waals surface area contributed by atoms with Crippen LogP contribution in [0.3, 0.4) is 0 Å². The molecular formula is C26H22F2N4O3. The SMILES string of the molecule is O=C(CNC(=O)c1cccc(OC(F)F)c1)NCc1cn(-c2ccccc2)nc1-c1ccccc1. The molecule has 0 aliphatic carbocycles. The largest absolute Gasteiger partial charge is 0.435 e. The van der Waals surface area contributed by atoms with Crippen molar-refractivity contribution in [2.45, 2.75) is 13.2 Å². The number of alkyl halides is 2. The molecule has 2 N–H and O–H groups in total. The van der Waals surface area contributed by atoms with E-state index < -0.39 is 18.4 Å². The van der Waals surface area contributed by atoms with Crippen LogP contribution in [0.25, 0.3) is 16.9 Å². The molecule has 2 amide bonds. The van der Waals surface area contributed by atoms with Crippen LogP contribution in [-0.2, 0) is 11.3 Å². The van der Waals surface area contributed by atoms with Gasteiger partial charge >= 0.3 is 6.61 Å². The van der Waals surface area contributed by atoms with Crippen molar-refractivity contribution in [3.63, 3.8) is 0 Å². The third kappa shape index (κ3) is 6.29. The number of amides is 2. The van der Waals surface area contributed by atoms with Gasteiger partial charge in [-0.1, -0.05) is 54.6 Å². The summed E-state index contributed by atoms with van der Waals surface area (Å²) in [5, 5.41) is 9.97. The Labute approximate surface area is 200 Å². The Bertz CT molecular complexity index is 1290. The summed E-state index contributed by atoms with van der Waals surface area (Å²) >= 11 is 0. The van der Waals surface area contributed by atoms with Gasteiger partial charge in [-0.2, -0.15) is 13.9 Å². The fourth-order valence-corrected chi connectivity index (χ4v) is 3.42. The summed E-state index contributed by atoms with van der Waals surface area (Å²) in [6, 6.07) is 24.6. The van der Waals surface area contributed by atoms with Gasteiger partial charge in [0.1, 0.15) is 5.75 Å². The van der Waals surface area contributed by atoms with Crippen molar-refractivity contribution in [1.82, 2.24) is 20.4 Å². The molecule has 0 aliphatic heterocycles. The number of aromatic nitrogens is 2. The second-order valence-electron chi connectivity index (χ2n) is 7.51. The fourth-order valence-electron chi connectivity index (χ4n) is 3.42. The number of para-hydroxylation sites is 1. The lowest BCUT2D eigenvalue weighted by Crippen LogP contribution is -2.36. The molecule has 4 rings (SSSR count). The van der Waals surface area contributed by atoms with E-state index in [-0.39, 0.29) is 24.4 Å². The van der Waals surface area contributed by atoms with Crippen molar-refractivity contribution in [3.05, 3.63) is 102 Å². The Morgan fingerprint density at radius 1 is 0.914 bits per heavy atom. The molecule has 0 bridgehead atoms. The zero-order valence-electron chi connectivity index (χ0n) is 18.5. The summed E-state index contributed by atoms with van der Waals surface area (Å²) in [6.07, 6.45) is 1.85. The van der Waals surface area contributed by atoms with Crippen molar-refractivity contribution in [2.24, 2.45) is 0 Å². The molecule has 0 atom stereocenters. The highest BCUT2D eigenvalue weighted by molar-refractivity contribution is 5.96. The van der Waals surface area contributed by atoms with E-state index in [4.69, 9.17) is 5.10 Å². The molecule has 0 saturated carbocycles. The lowest BCUT2D eigenvalue weighted by Gasteiger charge is -2.09. The van der Waals surface area contributed by atoms with Crippen LogP contribution in [0, 0.1) is 0 Å². The minimum Gasteiger partial charge on any atom is -0.435 e. The zero-order valence-corrected chi connectivity index (χ0v) is 18.5. The summed E-state index contributed by atoms with van der Waals surface area (Å²) in [7, 11) is 0. The molecule has 0 spiro atoms. The lowest BCUT2D eigenvalue weighted by atomic mass is 10.1. The van der Waals surface area contributed by atoms with Gasteiger partial charge in [0.15, 0.2) is 0 Å². The predicted molar refractivity (Wildman–Crippen MR) is 126 cm³/mol. The molecule has 0 aliphatic rings. The van der Waals surface area contributed by atoms with Gasteiger partial charge in [0.05, 0.1) is 17.9 Å². The minimum atomic E-state index is -2.99. The van der Waals surface area contributed by atoms with Crippen LogP contribution in [-0.4, -0.2) is 34.8 Å². The van der Waals surface area contributed by atoms with Crippen LogP contribution in [0.2, 0.25) is 0 Å². The number of hydrogen-bond donors (Lipinski definition) is 2. The van der Waals surface area contributed by atoms with Gasteiger partial charge in [-0.3, -0.25) is 9.59 Å². The first-order valence-corrected chi connectivity index (χ1v) is 10.8. The monoisotopic (exact) mass is 476 g/mol. The molecule has 4 aromatic rings. The fraction of sp³-hybridized carbons (Fsp3) is 0.115. The molecule has 0 fully saturated rings. The highest BCUT2D eigenvalue weighted by atomic mass is 19.3. The van der Waals surface area contributed by atoms with E-state index in [9.17, 15) is 18.4 Å². The molecule has 3 aromatic carbocycles. The third-order valence-corrected chi connectivity index (χ3v) is 5.06. The zero-order chi connectivity index (χ0) is 24.6.